The minimum absolute atomic E-state index is 0.0183. The van der Waals surface area contributed by atoms with Crippen molar-refractivity contribution in [2.75, 3.05) is 11.9 Å². The van der Waals surface area contributed by atoms with Crippen LogP contribution in [0.4, 0.5) is 5.13 Å². The molecule has 2 amide bonds. The molecule has 0 bridgehead atoms. The number of hydrogen-bond donors (Lipinski definition) is 1. The first-order valence-corrected chi connectivity index (χ1v) is 9.77. The largest absolute Gasteiger partial charge is 0.330 e. The molecule has 6 nitrogen and oxygen atoms in total. The summed E-state index contributed by atoms with van der Waals surface area (Å²) in [5.41, 5.74) is 0.935. The van der Waals surface area contributed by atoms with Crippen LogP contribution in [0.2, 0.25) is 0 Å². The number of carbonyl (C=O) groups is 2. The van der Waals surface area contributed by atoms with Gasteiger partial charge in [0.1, 0.15) is 11.0 Å². The number of aromatic nitrogens is 2. The van der Waals surface area contributed by atoms with Crippen molar-refractivity contribution >= 4 is 44.2 Å². The van der Waals surface area contributed by atoms with E-state index < -0.39 is 6.04 Å². The SMILES string of the molecule is CC(C)C(=O)N1CCCC1C(=O)Nc1nnc(-c2cccc(Br)c2)s1. The summed E-state index contributed by atoms with van der Waals surface area (Å²) in [5, 5.41) is 12.2. The Morgan fingerprint density at radius 3 is 2.88 bits per heavy atom. The van der Waals surface area contributed by atoms with E-state index in [9.17, 15) is 9.59 Å². The maximum absolute atomic E-state index is 12.6. The van der Waals surface area contributed by atoms with Crippen LogP contribution in [0.25, 0.3) is 10.6 Å². The van der Waals surface area contributed by atoms with Gasteiger partial charge < -0.3 is 4.90 Å². The minimum atomic E-state index is -0.423. The summed E-state index contributed by atoms with van der Waals surface area (Å²) in [4.78, 5) is 26.5. The smallest absolute Gasteiger partial charge is 0.249 e. The molecule has 1 N–H and O–H groups in total. The summed E-state index contributed by atoms with van der Waals surface area (Å²) in [5.74, 6) is -0.286. The van der Waals surface area contributed by atoms with E-state index in [1.54, 1.807) is 4.90 Å². The van der Waals surface area contributed by atoms with E-state index >= 15 is 0 Å². The fourth-order valence-corrected chi connectivity index (χ4v) is 3.98. The molecule has 0 radical (unpaired) electrons. The van der Waals surface area contributed by atoms with Gasteiger partial charge in [0.2, 0.25) is 16.9 Å². The molecule has 1 aromatic heterocycles. The van der Waals surface area contributed by atoms with Crippen LogP contribution >= 0.6 is 27.3 Å². The Labute approximate surface area is 158 Å². The first kappa shape index (κ1) is 18.0. The van der Waals surface area contributed by atoms with E-state index in [4.69, 9.17) is 0 Å². The first-order valence-electron chi connectivity index (χ1n) is 8.16. The monoisotopic (exact) mass is 422 g/mol. The van der Waals surface area contributed by atoms with Gasteiger partial charge in [-0.15, -0.1) is 10.2 Å². The number of hydrogen-bond acceptors (Lipinski definition) is 5. The van der Waals surface area contributed by atoms with Gasteiger partial charge in [-0.2, -0.15) is 0 Å². The van der Waals surface area contributed by atoms with Crippen molar-refractivity contribution in [3.63, 3.8) is 0 Å². The van der Waals surface area contributed by atoms with Crippen molar-refractivity contribution < 1.29 is 9.59 Å². The molecule has 3 rings (SSSR count). The van der Waals surface area contributed by atoms with Crippen molar-refractivity contribution in [2.24, 2.45) is 5.92 Å². The van der Waals surface area contributed by atoms with E-state index in [2.05, 4.69) is 31.4 Å². The molecule has 2 heterocycles. The number of rotatable bonds is 4. The van der Waals surface area contributed by atoms with Crippen LogP contribution < -0.4 is 5.32 Å². The average molecular weight is 423 g/mol. The number of nitrogens with one attached hydrogen (secondary N) is 1. The van der Waals surface area contributed by atoms with Gasteiger partial charge in [-0.25, -0.2) is 0 Å². The third-order valence-electron chi connectivity index (χ3n) is 4.06. The van der Waals surface area contributed by atoms with Gasteiger partial charge in [0.05, 0.1) is 0 Å². The van der Waals surface area contributed by atoms with Gasteiger partial charge in [0.25, 0.3) is 0 Å². The van der Waals surface area contributed by atoms with Crippen molar-refractivity contribution in [2.45, 2.75) is 32.7 Å². The van der Waals surface area contributed by atoms with Crippen molar-refractivity contribution in [3.8, 4) is 10.6 Å². The van der Waals surface area contributed by atoms with Crippen molar-refractivity contribution in [1.82, 2.24) is 15.1 Å². The number of halogens is 1. The molecular weight excluding hydrogens is 404 g/mol. The lowest BCUT2D eigenvalue weighted by atomic mass is 10.1. The summed E-state index contributed by atoms with van der Waals surface area (Å²) in [6.07, 6.45) is 1.53. The molecule has 1 aromatic carbocycles. The molecule has 2 aromatic rings. The van der Waals surface area contributed by atoms with E-state index in [0.717, 1.165) is 21.5 Å². The van der Waals surface area contributed by atoms with Crippen LogP contribution in [0.15, 0.2) is 28.7 Å². The van der Waals surface area contributed by atoms with E-state index in [1.807, 2.05) is 38.1 Å². The standard InChI is InChI=1S/C17H19BrN4O2S/c1-10(2)16(24)22-8-4-7-13(22)14(23)19-17-21-20-15(25-17)11-5-3-6-12(18)9-11/h3,5-6,9-10,13H,4,7-8H2,1-2H3,(H,19,21,23). The molecule has 8 heteroatoms. The zero-order valence-corrected chi connectivity index (χ0v) is 16.4. The number of amides is 2. The molecule has 0 saturated carbocycles. The molecule has 1 aliphatic heterocycles. The van der Waals surface area contributed by atoms with E-state index in [0.29, 0.717) is 18.1 Å². The Bertz CT molecular complexity index is 792. The van der Waals surface area contributed by atoms with Gasteiger partial charge in [-0.3, -0.25) is 14.9 Å². The third-order valence-corrected chi connectivity index (χ3v) is 5.44. The van der Waals surface area contributed by atoms with Crippen LogP contribution in [-0.2, 0) is 9.59 Å². The molecule has 1 saturated heterocycles. The maximum atomic E-state index is 12.6. The molecule has 0 aliphatic carbocycles. The molecule has 1 aliphatic rings. The highest BCUT2D eigenvalue weighted by atomic mass is 79.9. The summed E-state index contributed by atoms with van der Waals surface area (Å²) in [6.45, 7) is 4.34. The van der Waals surface area contributed by atoms with Gasteiger partial charge in [0, 0.05) is 22.5 Å². The van der Waals surface area contributed by atoms with Gasteiger partial charge >= 0.3 is 0 Å². The molecule has 25 heavy (non-hydrogen) atoms. The summed E-state index contributed by atoms with van der Waals surface area (Å²) in [6, 6.07) is 7.33. The highest BCUT2D eigenvalue weighted by molar-refractivity contribution is 9.10. The Kier molecular flexibility index (Phi) is 5.48. The predicted octanol–water partition coefficient (Wildman–Crippen LogP) is 3.55. The van der Waals surface area contributed by atoms with Crippen molar-refractivity contribution in [1.29, 1.82) is 0 Å². The van der Waals surface area contributed by atoms with Crippen LogP contribution in [0.3, 0.4) is 0 Å². The first-order chi connectivity index (χ1) is 12.0. The molecule has 1 fully saturated rings. The van der Waals surface area contributed by atoms with Crippen molar-refractivity contribution in [3.05, 3.63) is 28.7 Å². The van der Waals surface area contributed by atoms with Crippen LogP contribution in [0, 0.1) is 5.92 Å². The summed E-state index contributed by atoms with van der Waals surface area (Å²) < 4.78 is 0.958. The Morgan fingerprint density at radius 2 is 2.16 bits per heavy atom. The van der Waals surface area contributed by atoms with Gasteiger partial charge in [-0.1, -0.05) is 53.2 Å². The Hall–Kier alpha value is -1.80. The quantitative estimate of drug-likeness (QED) is 0.816. The Balaban J connectivity index is 1.70. The lowest BCUT2D eigenvalue weighted by molar-refractivity contribution is -0.139. The topological polar surface area (TPSA) is 75.2 Å². The minimum Gasteiger partial charge on any atom is -0.330 e. The number of nitrogens with zero attached hydrogens (tertiary/aromatic N) is 3. The zero-order valence-electron chi connectivity index (χ0n) is 14.0. The maximum Gasteiger partial charge on any atom is 0.249 e. The molecule has 0 spiro atoms. The second-order valence-electron chi connectivity index (χ2n) is 6.26. The average Bonchev–Trinajstić information content (AvgIpc) is 3.23. The molecular formula is C17H19BrN4O2S. The normalized spacial score (nSPS) is 17.1. The van der Waals surface area contributed by atoms with Gasteiger partial charge in [-0.05, 0) is 25.0 Å². The van der Waals surface area contributed by atoms with Gasteiger partial charge in [0.15, 0.2) is 0 Å². The number of anilines is 1. The zero-order chi connectivity index (χ0) is 18.0. The number of benzene rings is 1. The van der Waals surface area contributed by atoms with Crippen LogP contribution in [0.5, 0.6) is 0 Å². The number of likely N-dealkylation sites (tertiary alicyclic amines) is 1. The molecule has 132 valence electrons. The van der Waals surface area contributed by atoms with E-state index in [1.165, 1.54) is 11.3 Å². The third kappa shape index (κ3) is 4.07. The van der Waals surface area contributed by atoms with E-state index in [-0.39, 0.29) is 17.7 Å². The highest BCUT2D eigenvalue weighted by Gasteiger charge is 2.35. The fourth-order valence-electron chi connectivity index (χ4n) is 2.84. The second-order valence-corrected chi connectivity index (χ2v) is 8.15. The van der Waals surface area contributed by atoms with Crippen LogP contribution in [0.1, 0.15) is 26.7 Å². The lowest BCUT2D eigenvalue weighted by Crippen LogP contribution is -2.44. The fraction of sp³-hybridized carbons (Fsp3) is 0.412. The lowest BCUT2D eigenvalue weighted by Gasteiger charge is -2.25. The van der Waals surface area contributed by atoms with Crippen LogP contribution in [-0.4, -0.2) is 39.5 Å². The predicted molar refractivity (Wildman–Crippen MR) is 101 cm³/mol. The Morgan fingerprint density at radius 1 is 1.36 bits per heavy atom. The summed E-state index contributed by atoms with van der Waals surface area (Å²) >= 11 is 4.75. The molecule has 1 atom stereocenters. The molecule has 1 unspecified atom stereocenters. The summed E-state index contributed by atoms with van der Waals surface area (Å²) in [7, 11) is 0. The second kappa shape index (κ2) is 7.61. The highest BCUT2D eigenvalue weighted by Crippen LogP contribution is 2.29. The number of carbonyl (C=O) groups excluding carboxylic acids is 2.